The third-order valence-corrected chi connectivity index (χ3v) is 5.18. The molecular weight excluding hydrogens is 352 g/mol. The van der Waals surface area contributed by atoms with Crippen LogP contribution >= 0.6 is 0 Å². The molecule has 0 amide bonds. The Morgan fingerprint density at radius 2 is 1.93 bits per heavy atom. The lowest BCUT2D eigenvalue weighted by molar-refractivity contribution is 0.584. The molecule has 4 aromatic rings. The number of nitrogens with one attached hydrogen (secondary N) is 2. The minimum absolute atomic E-state index is 0.846. The summed E-state index contributed by atoms with van der Waals surface area (Å²) in [5, 5.41) is 16.3. The summed E-state index contributed by atoms with van der Waals surface area (Å²) in [6.45, 7) is 6.01. The molecule has 0 spiro atoms. The van der Waals surface area contributed by atoms with E-state index in [1.165, 1.54) is 5.56 Å². The summed E-state index contributed by atoms with van der Waals surface area (Å²) in [4.78, 5) is 11.9. The first-order valence-corrected chi connectivity index (χ1v) is 9.46. The third-order valence-electron chi connectivity index (χ3n) is 5.18. The maximum atomic E-state index is 4.97. The van der Waals surface area contributed by atoms with Crippen LogP contribution in [-0.4, -0.2) is 56.1 Å². The van der Waals surface area contributed by atoms with Gasteiger partial charge in [0.1, 0.15) is 11.5 Å². The first kappa shape index (κ1) is 16.9. The number of H-pyrrole nitrogens is 1. The number of piperazine rings is 1. The lowest BCUT2D eigenvalue weighted by atomic mass is 10.1. The van der Waals surface area contributed by atoms with Crippen LogP contribution in [0.1, 0.15) is 5.56 Å². The Hall–Kier alpha value is -3.26. The highest BCUT2D eigenvalue weighted by molar-refractivity contribution is 5.93. The molecule has 0 atom stereocenters. The highest BCUT2D eigenvalue weighted by Gasteiger charge is 2.17. The van der Waals surface area contributed by atoms with Crippen LogP contribution in [0.3, 0.4) is 0 Å². The molecule has 5 rings (SSSR count). The molecule has 0 saturated carbocycles. The molecule has 1 aliphatic rings. The van der Waals surface area contributed by atoms with E-state index in [1.54, 1.807) is 4.68 Å². The van der Waals surface area contributed by atoms with Crippen molar-refractivity contribution in [3.63, 3.8) is 0 Å². The number of rotatable bonds is 3. The fraction of sp³-hybridized carbons (Fsp3) is 0.300. The average Bonchev–Trinajstić information content (AvgIpc) is 3.35. The largest absolute Gasteiger partial charge is 0.354 e. The van der Waals surface area contributed by atoms with Crippen LogP contribution in [0.15, 0.2) is 36.8 Å². The molecule has 0 aliphatic carbocycles. The quantitative estimate of drug-likeness (QED) is 0.571. The maximum absolute atomic E-state index is 4.97. The second-order valence-electron chi connectivity index (χ2n) is 7.16. The van der Waals surface area contributed by atoms with Gasteiger partial charge in [0.15, 0.2) is 0 Å². The minimum Gasteiger partial charge on any atom is -0.354 e. The number of nitrogens with zero attached hydrogens (tertiary/aromatic N) is 6. The second-order valence-corrected chi connectivity index (χ2v) is 7.16. The zero-order valence-corrected chi connectivity index (χ0v) is 16.0. The first-order chi connectivity index (χ1) is 13.7. The molecule has 0 bridgehead atoms. The zero-order valence-electron chi connectivity index (χ0n) is 16.0. The van der Waals surface area contributed by atoms with E-state index in [-0.39, 0.29) is 0 Å². The predicted octanol–water partition coefficient (Wildman–Crippen LogP) is 2.14. The highest BCUT2D eigenvalue weighted by atomic mass is 15.2. The number of aromatic amines is 1. The molecule has 142 valence electrons. The number of pyridine rings is 2. The fourth-order valence-electron chi connectivity index (χ4n) is 3.67. The SMILES string of the molecule is Cc1ccc(-c2n[nH]c3cnc(-c4cnn(C)c4)cc23)nc1N1CCNCC1. The Kier molecular flexibility index (Phi) is 4.05. The van der Waals surface area contributed by atoms with E-state index in [1.807, 2.05) is 31.7 Å². The van der Waals surface area contributed by atoms with Crippen LogP contribution < -0.4 is 10.2 Å². The monoisotopic (exact) mass is 374 g/mol. The Bertz CT molecular complexity index is 1140. The average molecular weight is 374 g/mol. The molecule has 4 aromatic heterocycles. The van der Waals surface area contributed by atoms with Gasteiger partial charge < -0.3 is 10.2 Å². The molecule has 2 N–H and O–H groups in total. The van der Waals surface area contributed by atoms with Crippen molar-refractivity contribution in [2.75, 3.05) is 31.1 Å². The van der Waals surface area contributed by atoms with Crippen molar-refractivity contribution in [2.45, 2.75) is 6.92 Å². The normalized spacial score (nSPS) is 14.7. The topological polar surface area (TPSA) is 87.5 Å². The lowest BCUT2D eigenvalue weighted by Gasteiger charge is -2.29. The van der Waals surface area contributed by atoms with Gasteiger partial charge in [0.25, 0.3) is 0 Å². The molecule has 28 heavy (non-hydrogen) atoms. The highest BCUT2D eigenvalue weighted by Crippen LogP contribution is 2.30. The summed E-state index contributed by atoms with van der Waals surface area (Å²) >= 11 is 0. The van der Waals surface area contributed by atoms with Gasteiger partial charge in [0, 0.05) is 50.4 Å². The van der Waals surface area contributed by atoms with Gasteiger partial charge in [0.2, 0.25) is 0 Å². The third kappa shape index (κ3) is 2.91. The molecule has 0 unspecified atom stereocenters. The van der Waals surface area contributed by atoms with Gasteiger partial charge >= 0.3 is 0 Å². The van der Waals surface area contributed by atoms with Gasteiger partial charge in [-0.2, -0.15) is 10.2 Å². The Labute approximate surface area is 162 Å². The van der Waals surface area contributed by atoms with Crippen LogP contribution in [0.25, 0.3) is 33.5 Å². The van der Waals surface area contributed by atoms with Gasteiger partial charge in [-0.25, -0.2) is 4.98 Å². The van der Waals surface area contributed by atoms with E-state index in [0.29, 0.717) is 0 Å². The summed E-state index contributed by atoms with van der Waals surface area (Å²) in [5.41, 5.74) is 5.65. The summed E-state index contributed by atoms with van der Waals surface area (Å²) in [6, 6.07) is 6.22. The van der Waals surface area contributed by atoms with Crippen molar-refractivity contribution < 1.29 is 0 Å². The number of aryl methyl sites for hydroxylation is 2. The van der Waals surface area contributed by atoms with Gasteiger partial charge in [-0.1, -0.05) is 6.07 Å². The van der Waals surface area contributed by atoms with Crippen molar-refractivity contribution >= 4 is 16.7 Å². The van der Waals surface area contributed by atoms with E-state index in [0.717, 1.165) is 65.5 Å². The summed E-state index contributed by atoms with van der Waals surface area (Å²) in [5.74, 6) is 1.04. The molecular formula is C20H22N8. The van der Waals surface area contributed by atoms with Gasteiger partial charge in [-0.3, -0.25) is 14.8 Å². The number of hydrogen-bond donors (Lipinski definition) is 2. The summed E-state index contributed by atoms with van der Waals surface area (Å²) in [7, 11) is 1.90. The number of fused-ring (bicyclic) bond motifs is 1. The van der Waals surface area contributed by atoms with Crippen LogP contribution in [0.4, 0.5) is 5.82 Å². The van der Waals surface area contributed by atoms with Crippen molar-refractivity contribution in [3.8, 4) is 22.6 Å². The summed E-state index contributed by atoms with van der Waals surface area (Å²) in [6.07, 6.45) is 5.60. The number of hydrogen-bond acceptors (Lipinski definition) is 6. The van der Waals surface area contributed by atoms with Gasteiger partial charge in [-0.15, -0.1) is 0 Å². The first-order valence-electron chi connectivity index (χ1n) is 9.46. The van der Waals surface area contributed by atoms with Gasteiger partial charge in [-0.05, 0) is 24.6 Å². The molecule has 1 aliphatic heterocycles. The standard InChI is InChI=1S/C20H22N8/c1-13-3-4-16(24-20(13)28-7-5-21-6-8-28)19-15-9-17(14-10-23-27(2)12-14)22-11-18(15)25-26-19/h3-4,9-12,21H,5-8H2,1-2H3,(H,25,26). The second kappa shape index (κ2) is 6.72. The number of aromatic nitrogens is 6. The lowest BCUT2D eigenvalue weighted by Crippen LogP contribution is -2.44. The van der Waals surface area contributed by atoms with E-state index >= 15 is 0 Å². The molecule has 0 aromatic carbocycles. The van der Waals surface area contributed by atoms with Crippen molar-refractivity contribution in [2.24, 2.45) is 7.05 Å². The Morgan fingerprint density at radius 3 is 2.71 bits per heavy atom. The molecule has 1 saturated heterocycles. The van der Waals surface area contributed by atoms with Crippen LogP contribution in [0.5, 0.6) is 0 Å². The van der Waals surface area contributed by atoms with Gasteiger partial charge in [0.05, 0.1) is 29.3 Å². The Balaban J connectivity index is 1.59. The molecule has 8 nitrogen and oxygen atoms in total. The van der Waals surface area contributed by atoms with E-state index in [4.69, 9.17) is 4.98 Å². The van der Waals surface area contributed by atoms with Crippen molar-refractivity contribution in [1.29, 1.82) is 0 Å². The maximum Gasteiger partial charge on any atom is 0.132 e. The number of anilines is 1. The molecule has 1 fully saturated rings. The van der Waals surface area contributed by atoms with Crippen LogP contribution in [-0.2, 0) is 7.05 Å². The van der Waals surface area contributed by atoms with Crippen LogP contribution in [0, 0.1) is 6.92 Å². The van der Waals surface area contributed by atoms with Crippen molar-refractivity contribution in [1.82, 2.24) is 35.3 Å². The zero-order chi connectivity index (χ0) is 19.1. The fourth-order valence-corrected chi connectivity index (χ4v) is 3.67. The van der Waals surface area contributed by atoms with E-state index in [9.17, 15) is 0 Å². The molecule has 5 heterocycles. The van der Waals surface area contributed by atoms with E-state index in [2.05, 4.69) is 49.6 Å². The van der Waals surface area contributed by atoms with Crippen LogP contribution in [0.2, 0.25) is 0 Å². The predicted molar refractivity (Wildman–Crippen MR) is 109 cm³/mol. The minimum atomic E-state index is 0.846. The molecule has 0 radical (unpaired) electrons. The molecule has 8 heteroatoms. The summed E-state index contributed by atoms with van der Waals surface area (Å²) < 4.78 is 1.78. The van der Waals surface area contributed by atoms with E-state index < -0.39 is 0 Å². The Morgan fingerprint density at radius 1 is 1.07 bits per heavy atom. The smallest absolute Gasteiger partial charge is 0.132 e. The van der Waals surface area contributed by atoms with Crippen molar-refractivity contribution in [3.05, 3.63) is 42.4 Å².